The lowest BCUT2D eigenvalue weighted by Gasteiger charge is -2.30. The molecule has 0 bridgehead atoms. The molecule has 1 aromatic carbocycles. The normalized spacial score (nSPS) is 20.9. The van der Waals surface area contributed by atoms with Crippen LogP contribution in [0.2, 0.25) is 0 Å². The highest BCUT2D eigenvalue weighted by atomic mass is 19.4. The topological polar surface area (TPSA) is 18.5 Å². The summed E-state index contributed by atoms with van der Waals surface area (Å²) in [5, 5.41) is 0. The predicted octanol–water partition coefficient (Wildman–Crippen LogP) is 7.39. The Bertz CT molecular complexity index is 664. The van der Waals surface area contributed by atoms with Crippen molar-refractivity contribution in [3.8, 4) is 5.75 Å². The molecule has 0 aromatic heterocycles. The van der Waals surface area contributed by atoms with Gasteiger partial charge < -0.3 is 9.47 Å². The summed E-state index contributed by atoms with van der Waals surface area (Å²) in [6.45, 7) is 1.37. The Morgan fingerprint density at radius 3 is 2.28 bits per heavy atom. The summed E-state index contributed by atoms with van der Waals surface area (Å²) in [6, 6.07) is 2.51. The van der Waals surface area contributed by atoms with E-state index in [1.54, 1.807) is 0 Å². The van der Waals surface area contributed by atoms with Crippen LogP contribution >= 0.6 is 0 Å². The maximum absolute atomic E-state index is 14.1. The quantitative estimate of drug-likeness (QED) is 0.304. The van der Waals surface area contributed by atoms with Crippen molar-refractivity contribution in [1.82, 2.24) is 0 Å². The summed E-state index contributed by atoms with van der Waals surface area (Å²) >= 11 is 0. The van der Waals surface area contributed by atoms with Crippen molar-refractivity contribution in [1.29, 1.82) is 0 Å². The van der Waals surface area contributed by atoms with Crippen LogP contribution < -0.4 is 4.74 Å². The molecule has 1 aromatic rings. The molecule has 2 nitrogen and oxygen atoms in total. The van der Waals surface area contributed by atoms with Crippen LogP contribution in [0.15, 0.2) is 30.4 Å². The molecule has 0 aliphatic heterocycles. The highest BCUT2D eigenvalue weighted by molar-refractivity contribution is 5.29. The second-order valence-electron chi connectivity index (χ2n) is 7.48. The standard InChI is InChI=1S/C21H26F6O2/c1-2-3-4-5-15-6-8-16(9-7-15)13-20(23,24)28-14-17-10-11-19(18(22)12-17)29-21(25,26)27/h2-3,10-12,15-16H,4-9,13-14H2,1H3. The first-order valence-electron chi connectivity index (χ1n) is 9.75. The third-order valence-corrected chi connectivity index (χ3v) is 5.14. The number of hydrogen-bond donors (Lipinski definition) is 0. The average molecular weight is 424 g/mol. The van der Waals surface area contributed by atoms with Gasteiger partial charge in [0.05, 0.1) is 6.61 Å². The van der Waals surface area contributed by atoms with Gasteiger partial charge in [0.25, 0.3) is 0 Å². The molecule has 0 saturated heterocycles. The lowest BCUT2D eigenvalue weighted by Crippen LogP contribution is -2.27. The lowest BCUT2D eigenvalue weighted by molar-refractivity contribution is -0.275. The highest BCUT2D eigenvalue weighted by Crippen LogP contribution is 2.38. The number of allylic oxidation sites excluding steroid dienone is 2. The van der Waals surface area contributed by atoms with Crippen LogP contribution in [0.1, 0.15) is 57.4 Å². The van der Waals surface area contributed by atoms with Crippen molar-refractivity contribution in [3.63, 3.8) is 0 Å². The van der Waals surface area contributed by atoms with E-state index < -0.39 is 37.1 Å². The number of alkyl halides is 5. The molecular weight excluding hydrogens is 398 g/mol. The van der Waals surface area contributed by atoms with Gasteiger partial charge in [-0.1, -0.05) is 31.1 Å². The Hall–Kier alpha value is -1.70. The zero-order valence-electron chi connectivity index (χ0n) is 16.3. The van der Waals surface area contributed by atoms with Crippen molar-refractivity contribution in [3.05, 3.63) is 41.7 Å². The third kappa shape index (κ3) is 8.68. The molecule has 29 heavy (non-hydrogen) atoms. The van der Waals surface area contributed by atoms with Crippen LogP contribution in [0.3, 0.4) is 0 Å². The van der Waals surface area contributed by atoms with Crippen molar-refractivity contribution < 1.29 is 35.8 Å². The maximum Gasteiger partial charge on any atom is 0.573 e. The van der Waals surface area contributed by atoms with Crippen LogP contribution in [-0.4, -0.2) is 12.5 Å². The van der Waals surface area contributed by atoms with E-state index in [0.29, 0.717) is 12.0 Å². The lowest BCUT2D eigenvalue weighted by atomic mass is 9.78. The fourth-order valence-electron chi connectivity index (χ4n) is 3.65. The molecule has 0 N–H and O–H groups in total. The first kappa shape index (κ1) is 23.6. The van der Waals surface area contributed by atoms with Gasteiger partial charge in [0.2, 0.25) is 0 Å². The minimum Gasteiger partial charge on any atom is -0.403 e. The first-order chi connectivity index (χ1) is 13.6. The van der Waals surface area contributed by atoms with Gasteiger partial charge in [0, 0.05) is 6.42 Å². The molecule has 1 fully saturated rings. The van der Waals surface area contributed by atoms with Crippen LogP contribution in [0, 0.1) is 17.7 Å². The monoisotopic (exact) mass is 424 g/mol. The fourth-order valence-corrected chi connectivity index (χ4v) is 3.65. The van der Waals surface area contributed by atoms with Crippen LogP contribution in [0.5, 0.6) is 5.75 Å². The molecule has 1 saturated carbocycles. The molecule has 164 valence electrons. The Labute approximate surface area is 166 Å². The van der Waals surface area contributed by atoms with Crippen molar-refractivity contribution in [2.24, 2.45) is 11.8 Å². The molecule has 0 unspecified atom stereocenters. The van der Waals surface area contributed by atoms with E-state index in [0.717, 1.165) is 50.7 Å². The number of hydrogen-bond acceptors (Lipinski definition) is 2. The molecule has 0 heterocycles. The van der Waals surface area contributed by atoms with Crippen molar-refractivity contribution in [2.45, 2.75) is 70.9 Å². The summed E-state index contributed by atoms with van der Waals surface area (Å²) in [5.41, 5.74) is 0.00406. The molecule has 2 rings (SSSR count). The van der Waals surface area contributed by atoms with E-state index in [4.69, 9.17) is 0 Å². The first-order valence-corrected chi connectivity index (χ1v) is 9.75. The van der Waals surface area contributed by atoms with Gasteiger partial charge in [0.1, 0.15) is 0 Å². The zero-order chi connectivity index (χ0) is 21.5. The Morgan fingerprint density at radius 2 is 1.69 bits per heavy atom. The minimum absolute atomic E-state index is 0.00406. The smallest absolute Gasteiger partial charge is 0.403 e. The van der Waals surface area contributed by atoms with Crippen LogP contribution in [-0.2, 0) is 11.3 Å². The number of benzene rings is 1. The number of ether oxygens (including phenoxy) is 2. The van der Waals surface area contributed by atoms with E-state index in [-0.39, 0.29) is 11.5 Å². The largest absolute Gasteiger partial charge is 0.573 e. The van der Waals surface area contributed by atoms with Gasteiger partial charge in [-0.3, -0.25) is 0 Å². The Kier molecular flexibility index (Phi) is 8.43. The molecule has 0 atom stereocenters. The Morgan fingerprint density at radius 1 is 1.03 bits per heavy atom. The predicted molar refractivity (Wildman–Crippen MR) is 96.9 cm³/mol. The SMILES string of the molecule is CC=CCCC1CCC(CC(F)(F)OCc2ccc(OC(F)(F)F)c(F)c2)CC1. The van der Waals surface area contributed by atoms with Gasteiger partial charge in [-0.25, -0.2) is 4.39 Å². The molecular formula is C21H26F6O2. The summed E-state index contributed by atoms with van der Waals surface area (Å²) in [5.74, 6) is -1.87. The van der Waals surface area contributed by atoms with Gasteiger partial charge >= 0.3 is 12.5 Å². The fraction of sp³-hybridized carbons (Fsp3) is 0.619. The van der Waals surface area contributed by atoms with Gasteiger partial charge in [-0.2, -0.15) is 8.78 Å². The van der Waals surface area contributed by atoms with E-state index in [1.165, 1.54) is 0 Å². The summed E-state index contributed by atoms with van der Waals surface area (Å²) < 4.78 is 86.5. The van der Waals surface area contributed by atoms with Gasteiger partial charge in [-0.05, 0) is 62.1 Å². The highest BCUT2D eigenvalue weighted by Gasteiger charge is 2.36. The molecule has 1 aliphatic carbocycles. The van der Waals surface area contributed by atoms with Crippen molar-refractivity contribution >= 4 is 0 Å². The summed E-state index contributed by atoms with van der Waals surface area (Å²) in [4.78, 5) is 0. The molecule has 0 amide bonds. The van der Waals surface area contributed by atoms with Gasteiger partial charge in [0.15, 0.2) is 11.6 Å². The zero-order valence-corrected chi connectivity index (χ0v) is 16.3. The Balaban J connectivity index is 1.79. The van der Waals surface area contributed by atoms with Crippen LogP contribution in [0.4, 0.5) is 26.3 Å². The maximum atomic E-state index is 14.1. The molecule has 0 radical (unpaired) electrons. The van der Waals surface area contributed by atoms with E-state index >= 15 is 0 Å². The minimum atomic E-state index is -5.03. The molecule has 8 heteroatoms. The van der Waals surface area contributed by atoms with E-state index in [9.17, 15) is 26.3 Å². The molecule has 1 aliphatic rings. The molecule has 0 spiro atoms. The van der Waals surface area contributed by atoms with E-state index in [1.807, 2.05) is 13.0 Å². The number of rotatable bonds is 9. The van der Waals surface area contributed by atoms with Gasteiger partial charge in [-0.15, -0.1) is 13.2 Å². The second-order valence-corrected chi connectivity index (χ2v) is 7.48. The van der Waals surface area contributed by atoms with Crippen molar-refractivity contribution in [2.75, 3.05) is 0 Å². The van der Waals surface area contributed by atoms with Crippen LogP contribution in [0.25, 0.3) is 0 Å². The average Bonchev–Trinajstić information content (AvgIpc) is 2.62. The summed E-state index contributed by atoms with van der Waals surface area (Å²) in [6.07, 6.45) is 0.663. The third-order valence-electron chi connectivity index (χ3n) is 5.14. The van der Waals surface area contributed by atoms with E-state index in [2.05, 4.69) is 15.5 Å². The second kappa shape index (κ2) is 10.4. The number of halogens is 6. The summed E-state index contributed by atoms with van der Waals surface area (Å²) in [7, 11) is 0.